The monoisotopic (exact) mass is 295 g/mol. The van der Waals surface area contributed by atoms with Crippen LogP contribution in [-0.4, -0.2) is 22.6 Å². The van der Waals surface area contributed by atoms with Gasteiger partial charge in [-0.2, -0.15) is 0 Å². The van der Waals surface area contributed by atoms with Crippen LogP contribution in [0, 0.1) is 12.8 Å². The Hall–Kier alpha value is -0.870. The van der Waals surface area contributed by atoms with Gasteiger partial charge in [-0.25, -0.2) is 8.93 Å². The van der Waals surface area contributed by atoms with Gasteiger partial charge in [-0.05, 0) is 31.9 Å². The average Bonchev–Trinajstić information content (AvgIpc) is 2.48. The molecular weight excluding hydrogens is 270 g/mol. The first kappa shape index (κ1) is 15.5. The molecule has 2 unspecified atom stereocenters. The quantitative estimate of drug-likeness (QED) is 0.875. The molecule has 3 nitrogen and oxygen atoms in total. The smallest absolute Gasteiger partial charge is 0.119 e. The Labute approximate surface area is 124 Å². The lowest BCUT2D eigenvalue weighted by Crippen LogP contribution is -2.42. The molecule has 0 radical (unpaired) electrons. The Balaban J connectivity index is 1.88. The number of aryl methyl sites for hydroxylation is 1. The lowest BCUT2D eigenvalue weighted by atomic mass is 9.86. The van der Waals surface area contributed by atoms with E-state index in [1.54, 1.807) is 0 Å². The van der Waals surface area contributed by atoms with E-state index in [0.717, 1.165) is 18.6 Å². The van der Waals surface area contributed by atoms with E-state index in [1.165, 1.54) is 18.4 Å². The fourth-order valence-corrected chi connectivity index (χ4v) is 3.47. The molecule has 3 atom stereocenters. The molecule has 0 amide bonds. The largest absolute Gasteiger partial charge is 0.493 e. The average molecular weight is 295 g/mol. The van der Waals surface area contributed by atoms with Crippen LogP contribution in [0.25, 0.3) is 0 Å². The molecule has 0 aromatic heterocycles. The van der Waals surface area contributed by atoms with Gasteiger partial charge in [0.25, 0.3) is 0 Å². The Morgan fingerprint density at radius 2 is 1.95 bits per heavy atom. The van der Waals surface area contributed by atoms with E-state index < -0.39 is 11.0 Å². The summed E-state index contributed by atoms with van der Waals surface area (Å²) >= 11 is 0. The fraction of sp³-hybridized carbons (Fsp3) is 0.625. The van der Waals surface area contributed by atoms with E-state index in [-0.39, 0.29) is 0 Å². The summed E-state index contributed by atoms with van der Waals surface area (Å²) in [6, 6.07) is 8.50. The number of rotatable bonds is 6. The van der Waals surface area contributed by atoms with Gasteiger partial charge in [0.2, 0.25) is 0 Å². The van der Waals surface area contributed by atoms with Crippen LogP contribution in [-0.2, 0) is 11.0 Å². The van der Waals surface area contributed by atoms with E-state index in [0.29, 0.717) is 24.3 Å². The van der Waals surface area contributed by atoms with Gasteiger partial charge >= 0.3 is 0 Å². The van der Waals surface area contributed by atoms with Crippen molar-refractivity contribution in [2.45, 2.75) is 45.6 Å². The zero-order valence-electron chi connectivity index (χ0n) is 12.4. The lowest BCUT2D eigenvalue weighted by Gasteiger charge is -2.31. The third kappa shape index (κ3) is 4.60. The lowest BCUT2D eigenvalue weighted by molar-refractivity contribution is 0.181. The van der Waals surface area contributed by atoms with Crippen molar-refractivity contribution in [3.8, 4) is 5.75 Å². The molecule has 1 saturated carbocycles. The minimum absolute atomic E-state index is 0.329. The number of hydrogen-bond donors (Lipinski definition) is 1. The van der Waals surface area contributed by atoms with Crippen LogP contribution < -0.4 is 9.46 Å². The topological polar surface area (TPSA) is 38.3 Å². The van der Waals surface area contributed by atoms with Crippen molar-refractivity contribution in [2.24, 2.45) is 5.92 Å². The van der Waals surface area contributed by atoms with Crippen molar-refractivity contribution < 1.29 is 8.95 Å². The van der Waals surface area contributed by atoms with Gasteiger partial charge in [0.15, 0.2) is 0 Å². The highest BCUT2D eigenvalue weighted by Crippen LogP contribution is 2.26. The summed E-state index contributed by atoms with van der Waals surface area (Å²) in [5, 5.41) is 0. The van der Waals surface area contributed by atoms with Crippen LogP contribution in [0.4, 0.5) is 0 Å². The Bertz CT molecular complexity index is 433. The van der Waals surface area contributed by atoms with Gasteiger partial charge in [-0.1, -0.05) is 37.5 Å². The highest BCUT2D eigenvalue weighted by atomic mass is 32.2. The fourth-order valence-electron chi connectivity index (χ4n) is 2.65. The third-order valence-electron chi connectivity index (χ3n) is 3.94. The minimum Gasteiger partial charge on any atom is -0.493 e. The number of ether oxygens (including phenoxy) is 1. The van der Waals surface area contributed by atoms with Crippen LogP contribution in [0.15, 0.2) is 24.3 Å². The van der Waals surface area contributed by atoms with Crippen molar-refractivity contribution in [3.05, 3.63) is 29.8 Å². The summed E-state index contributed by atoms with van der Waals surface area (Å²) in [4.78, 5) is 0. The van der Waals surface area contributed by atoms with E-state index in [4.69, 9.17) is 4.74 Å². The molecule has 0 heterocycles. The second-order valence-electron chi connectivity index (χ2n) is 5.53. The van der Waals surface area contributed by atoms with Crippen molar-refractivity contribution >= 4 is 11.0 Å². The molecule has 0 bridgehead atoms. The molecule has 1 N–H and O–H groups in total. The number of nitrogens with one attached hydrogen (secondary N) is 1. The summed E-state index contributed by atoms with van der Waals surface area (Å²) in [6.07, 6.45) is 4.73. The van der Waals surface area contributed by atoms with Crippen LogP contribution >= 0.6 is 0 Å². The van der Waals surface area contributed by atoms with Gasteiger partial charge in [0.05, 0.1) is 17.6 Å². The van der Waals surface area contributed by atoms with Gasteiger partial charge in [0.1, 0.15) is 5.75 Å². The highest BCUT2D eigenvalue weighted by Gasteiger charge is 2.26. The van der Waals surface area contributed by atoms with E-state index >= 15 is 0 Å². The zero-order chi connectivity index (χ0) is 14.4. The van der Waals surface area contributed by atoms with Crippen LogP contribution in [0.5, 0.6) is 5.75 Å². The third-order valence-corrected chi connectivity index (χ3v) is 5.03. The van der Waals surface area contributed by atoms with Crippen molar-refractivity contribution in [3.63, 3.8) is 0 Å². The number of hydrogen-bond acceptors (Lipinski definition) is 2. The van der Waals surface area contributed by atoms with E-state index in [1.807, 2.05) is 19.1 Å². The second kappa shape index (κ2) is 7.79. The molecule has 0 aliphatic heterocycles. The summed E-state index contributed by atoms with van der Waals surface area (Å²) in [6.45, 7) is 4.73. The molecule has 20 heavy (non-hydrogen) atoms. The number of benzene rings is 1. The maximum Gasteiger partial charge on any atom is 0.119 e. The molecule has 4 heteroatoms. The van der Waals surface area contributed by atoms with Crippen LogP contribution in [0.2, 0.25) is 0 Å². The molecule has 1 aliphatic carbocycles. The Morgan fingerprint density at radius 1 is 1.25 bits per heavy atom. The van der Waals surface area contributed by atoms with E-state index in [2.05, 4.69) is 23.8 Å². The van der Waals surface area contributed by atoms with Gasteiger partial charge in [-0.3, -0.25) is 0 Å². The first-order valence-electron chi connectivity index (χ1n) is 7.53. The molecule has 112 valence electrons. The summed E-state index contributed by atoms with van der Waals surface area (Å²) < 4.78 is 20.9. The van der Waals surface area contributed by atoms with Gasteiger partial charge < -0.3 is 4.74 Å². The predicted octanol–water partition coefficient (Wildman–Crippen LogP) is 3.21. The van der Waals surface area contributed by atoms with Crippen LogP contribution in [0.1, 0.15) is 38.2 Å². The van der Waals surface area contributed by atoms with E-state index in [9.17, 15) is 4.21 Å². The predicted molar refractivity (Wildman–Crippen MR) is 84.2 cm³/mol. The molecule has 1 aromatic rings. The minimum atomic E-state index is -0.902. The Morgan fingerprint density at radius 3 is 2.65 bits per heavy atom. The molecule has 0 saturated heterocycles. The molecule has 1 aromatic carbocycles. The second-order valence-corrected chi connectivity index (χ2v) is 7.03. The molecule has 2 rings (SSSR count). The molecule has 1 fully saturated rings. The standard InChI is InChI=1S/C16H25NO2S/c1-3-20(18)17-16-7-5-4-6-14(16)12-19-15-10-8-13(2)9-11-15/h8-11,14,16-17H,3-7,12H2,1-2H3/t14-,16?,20?/m1/s1. The normalized spacial score (nSPS) is 24.3. The van der Waals surface area contributed by atoms with Gasteiger partial charge in [-0.15, -0.1) is 0 Å². The first-order valence-corrected chi connectivity index (χ1v) is 8.85. The SMILES string of the molecule is CCS(=O)NC1CCCC[C@@H]1COc1ccc(C)cc1. The first-order chi connectivity index (χ1) is 9.69. The van der Waals surface area contributed by atoms with Gasteiger partial charge in [0, 0.05) is 17.7 Å². The maximum absolute atomic E-state index is 11.7. The molecule has 1 aliphatic rings. The van der Waals surface area contributed by atoms with Crippen molar-refractivity contribution in [2.75, 3.05) is 12.4 Å². The summed E-state index contributed by atoms with van der Waals surface area (Å²) in [7, 11) is -0.902. The van der Waals surface area contributed by atoms with Crippen LogP contribution in [0.3, 0.4) is 0 Å². The maximum atomic E-state index is 11.7. The highest BCUT2D eigenvalue weighted by molar-refractivity contribution is 7.82. The molecule has 0 spiro atoms. The molecular formula is C16H25NO2S. The zero-order valence-corrected chi connectivity index (χ0v) is 13.2. The van der Waals surface area contributed by atoms with Crippen molar-refractivity contribution in [1.82, 2.24) is 4.72 Å². The van der Waals surface area contributed by atoms with Crippen molar-refractivity contribution in [1.29, 1.82) is 0 Å². The Kier molecular flexibility index (Phi) is 6.05. The summed E-state index contributed by atoms with van der Waals surface area (Å²) in [5.74, 6) is 2.05. The summed E-state index contributed by atoms with van der Waals surface area (Å²) in [5.41, 5.74) is 1.24.